The van der Waals surface area contributed by atoms with E-state index in [9.17, 15) is 18.0 Å². The number of nitrogens with two attached hydrogens (primary N) is 1. The van der Waals surface area contributed by atoms with Crippen molar-refractivity contribution in [2.24, 2.45) is 5.14 Å². The molecule has 4 aromatic rings. The van der Waals surface area contributed by atoms with Crippen LogP contribution in [0.5, 0.6) is 0 Å². The lowest BCUT2D eigenvalue weighted by Gasteiger charge is -2.46. The number of carbonyl (C=O) groups excluding carboxylic acids is 2. The van der Waals surface area contributed by atoms with Crippen LogP contribution in [0.1, 0.15) is 33.3 Å². The number of anilines is 1. The number of fused-ring (bicyclic) bond motifs is 6. The van der Waals surface area contributed by atoms with E-state index in [0.717, 1.165) is 33.4 Å². The summed E-state index contributed by atoms with van der Waals surface area (Å²) in [7, 11) is -1.78. The minimum Gasteiger partial charge on any atom is -0.350 e. The minimum absolute atomic E-state index is 0.00134. The molecule has 0 saturated heterocycles. The van der Waals surface area contributed by atoms with E-state index in [-0.39, 0.29) is 36.0 Å². The zero-order valence-electron chi connectivity index (χ0n) is 20.8. The molecule has 38 heavy (non-hydrogen) atoms. The first kappa shape index (κ1) is 24.2. The Hall–Kier alpha value is -4.15. The number of amides is 2. The van der Waals surface area contributed by atoms with Crippen LogP contribution in [0, 0.1) is 0 Å². The lowest BCUT2D eigenvalue weighted by atomic mass is 9.96. The normalized spacial score (nSPS) is 16.7. The monoisotopic (exact) mass is 529 g/mol. The van der Waals surface area contributed by atoms with Crippen molar-refractivity contribution in [1.29, 1.82) is 0 Å². The summed E-state index contributed by atoms with van der Waals surface area (Å²) in [5.41, 5.74) is 5.37. The number of nitrogens with one attached hydrogen (secondary N) is 1. The highest BCUT2D eigenvalue weighted by atomic mass is 32.2. The molecule has 3 N–H and O–H groups in total. The van der Waals surface area contributed by atoms with Crippen molar-refractivity contribution in [2.75, 3.05) is 18.5 Å². The molecule has 2 aliphatic rings. The number of hydrogen-bond acceptors (Lipinski definition) is 5. The van der Waals surface area contributed by atoms with E-state index in [4.69, 9.17) is 5.14 Å². The van der Waals surface area contributed by atoms with Crippen molar-refractivity contribution >= 4 is 38.4 Å². The van der Waals surface area contributed by atoms with Gasteiger partial charge in [-0.15, -0.1) is 0 Å². The maximum atomic E-state index is 13.5. The van der Waals surface area contributed by atoms with Gasteiger partial charge < -0.3 is 19.7 Å². The molecule has 10 heteroatoms. The molecule has 2 amide bonds. The van der Waals surface area contributed by atoms with Gasteiger partial charge >= 0.3 is 0 Å². The predicted octanol–water partition coefficient (Wildman–Crippen LogP) is 2.75. The number of benzene rings is 3. The third-order valence-electron chi connectivity index (χ3n) is 7.45. The number of hydrogen-bond donors (Lipinski definition) is 2. The maximum absolute atomic E-state index is 13.5. The fourth-order valence-electron chi connectivity index (χ4n) is 5.68. The summed E-state index contributed by atoms with van der Waals surface area (Å²) >= 11 is 0. The first-order valence-electron chi connectivity index (χ1n) is 12.4. The van der Waals surface area contributed by atoms with Crippen molar-refractivity contribution in [3.63, 3.8) is 0 Å². The topological polar surface area (TPSA) is 118 Å². The quantitative estimate of drug-likeness (QED) is 0.412. The summed E-state index contributed by atoms with van der Waals surface area (Å²) in [6.07, 6.45) is 0.381. The molecule has 0 radical (unpaired) electrons. The van der Waals surface area contributed by atoms with Crippen LogP contribution in [0.2, 0.25) is 0 Å². The van der Waals surface area contributed by atoms with E-state index in [0.29, 0.717) is 18.5 Å². The summed E-state index contributed by atoms with van der Waals surface area (Å²) in [5.74, 6) is -0.190. The van der Waals surface area contributed by atoms with Crippen LogP contribution in [0.4, 0.5) is 5.69 Å². The number of nitrogens with zero attached hydrogens (tertiary/aromatic N) is 3. The van der Waals surface area contributed by atoms with Gasteiger partial charge in [-0.2, -0.15) is 0 Å². The number of rotatable bonds is 5. The van der Waals surface area contributed by atoms with Gasteiger partial charge in [0.15, 0.2) is 0 Å². The first-order valence-corrected chi connectivity index (χ1v) is 13.9. The zero-order chi connectivity index (χ0) is 26.6. The Kier molecular flexibility index (Phi) is 5.73. The Morgan fingerprint density at radius 2 is 1.74 bits per heavy atom. The lowest BCUT2D eigenvalue weighted by molar-refractivity contribution is -0.121. The Morgan fingerprint density at radius 1 is 1.03 bits per heavy atom. The SMILES string of the molecule is CN1c2ccccc2C(=O)N2CCc3c(n(CC(=O)NCc4ccc(S(N)(=O)=O)cc4)c4ccccc34)C21. The second kappa shape index (κ2) is 9.00. The predicted molar refractivity (Wildman–Crippen MR) is 144 cm³/mol. The van der Waals surface area contributed by atoms with Crippen LogP contribution in [0.25, 0.3) is 10.9 Å². The van der Waals surface area contributed by atoms with Crippen molar-refractivity contribution in [3.05, 3.63) is 95.2 Å². The standard InChI is InChI=1S/C28H27N5O4S/c1-31-23-8-4-3-7-22(23)28(35)32-15-14-21-20-6-2-5-9-24(20)33(26(21)27(31)32)17-25(34)30-16-18-10-12-19(13-11-18)38(29,36)37/h2-13,27H,14-17H2,1H3,(H,30,34)(H2,29,36,37). The van der Waals surface area contributed by atoms with Gasteiger partial charge in [-0.25, -0.2) is 13.6 Å². The number of carbonyl (C=O) groups is 2. The summed E-state index contributed by atoms with van der Waals surface area (Å²) in [6, 6.07) is 21.8. The lowest BCUT2D eigenvalue weighted by Crippen LogP contribution is -2.51. The number of sulfonamides is 1. The number of primary sulfonamides is 1. The molecule has 0 saturated carbocycles. The second-order valence-corrected chi connectivity index (χ2v) is 11.2. The fourth-order valence-corrected chi connectivity index (χ4v) is 6.19. The largest absolute Gasteiger partial charge is 0.350 e. The maximum Gasteiger partial charge on any atom is 0.257 e. The van der Waals surface area contributed by atoms with Crippen molar-refractivity contribution in [1.82, 2.24) is 14.8 Å². The van der Waals surface area contributed by atoms with Crippen molar-refractivity contribution in [2.45, 2.75) is 30.6 Å². The Bertz CT molecular complexity index is 1690. The van der Waals surface area contributed by atoms with Crippen LogP contribution in [-0.2, 0) is 34.3 Å². The number of para-hydroxylation sites is 2. The highest BCUT2D eigenvalue weighted by Gasteiger charge is 2.42. The van der Waals surface area contributed by atoms with Crippen molar-refractivity contribution < 1.29 is 18.0 Å². The van der Waals surface area contributed by atoms with E-state index >= 15 is 0 Å². The van der Waals surface area contributed by atoms with Crippen LogP contribution in [0.3, 0.4) is 0 Å². The molecule has 9 nitrogen and oxygen atoms in total. The van der Waals surface area contributed by atoms with E-state index < -0.39 is 10.0 Å². The molecular formula is C28H27N5O4S. The molecule has 2 aliphatic heterocycles. The molecule has 0 bridgehead atoms. The first-order chi connectivity index (χ1) is 18.2. The molecule has 0 fully saturated rings. The smallest absolute Gasteiger partial charge is 0.257 e. The van der Waals surface area contributed by atoms with Gasteiger partial charge in [0.05, 0.1) is 21.8 Å². The number of aromatic nitrogens is 1. The van der Waals surface area contributed by atoms with E-state index in [2.05, 4.69) is 16.3 Å². The fraction of sp³-hybridized carbons (Fsp3) is 0.214. The van der Waals surface area contributed by atoms with Gasteiger partial charge in [-0.05, 0) is 47.9 Å². The Morgan fingerprint density at radius 3 is 2.50 bits per heavy atom. The van der Waals surface area contributed by atoms with E-state index in [1.165, 1.54) is 12.1 Å². The molecule has 6 rings (SSSR count). The van der Waals surface area contributed by atoms with Gasteiger partial charge in [0.25, 0.3) is 5.91 Å². The molecule has 3 aromatic carbocycles. The third-order valence-corrected chi connectivity index (χ3v) is 8.38. The molecule has 194 valence electrons. The highest BCUT2D eigenvalue weighted by molar-refractivity contribution is 7.89. The molecular weight excluding hydrogens is 502 g/mol. The van der Waals surface area contributed by atoms with Crippen molar-refractivity contribution in [3.8, 4) is 0 Å². The Balaban J connectivity index is 1.33. The van der Waals surface area contributed by atoms with Crippen LogP contribution < -0.4 is 15.4 Å². The second-order valence-electron chi connectivity index (χ2n) is 9.68. The molecule has 0 spiro atoms. The van der Waals surface area contributed by atoms with Crippen LogP contribution in [-0.4, -0.2) is 43.3 Å². The zero-order valence-corrected chi connectivity index (χ0v) is 21.6. The molecule has 1 atom stereocenters. The van der Waals surface area contributed by atoms with Crippen LogP contribution in [0.15, 0.2) is 77.7 Å². The molecule has 0 aliphatic carbocycles. The average Bonchev–Trinajstić information content (AvgIpc) is 3.23. The minimum atomic E-state index is -3.77. The third kappa shape index (κ3) is 3.93. The highest BCUT2D eigenvalue weighted by Crippen LogP contribution is 2.44. The summed E-state index contributed by atoms with van der Waals surface area (Å²) in [5, 5.41) is 9.20. The Labute approximate surface area is 220 Å². The average molecular weight is 530 g/mol. The summed E-state index contributed by atoms with van der Waals surface area (Å²) in [4.78, 5) is 30.7. The van der Waals surface area contributed by atoms with Gasteiger partial charge in [0.2, 0.25) is 15.9 Å². The summed E-state index contributed by atoms with van der Waals surface area (Å²) < 4.78 is 25.0. The van der Waals surface area contributed by atoms with E-state index in [1.54, 1.807) is 12.1 Å². The summed E-state index contributed by atoms with van der Waals surface area (Å²) in [6.45, 7) is 0.926. The van der Waals surface area contributed by atoms with Gasteiger partial charge in [0, 0.05) is 31.0 Å². The van der Waals surface area contributed by atoms with Gasteiger partial charge in [-0.3, -0.25) is 9.59 Å². The molecule has 1 unspecified atom stereocenters. The van der Waals surface area contributed by atoms with Gasteiger partial charge in [-0.1, -0.05) is 42.5 Å². The molecule has 3 heterocycles. The molecule has 1 aromatic heterocycles. The van der Waals surface area contributed by atoms with Gasteiger partial charge in [0.1, 0.15) is 12.7 Å². The van der Waals surface area contributed by atoms with E-state index in [1.807, 2.05) is 59.0 Å². The van der Waals surface area contributed by atoms with Crippen LogP contribution >= 0.6 is 0 Å².